The number of phenolic OH excluding ortho intramolecular Hbond substituents is 1. The number of fused-ring (bicyclic) bond motifs is 1. The van der Waals surface area contributed by atoms with E-state index in [0.29, 0.717) is 5.71 Å². The molecule has 1 aliphatic rings. The van der Waals surface area contributed by atoms with E-state index in [1.165, 1.54) is 0 Å². The summed E-state index contributed by atoms with van der Waals surface area (Å²) in [6, 6.07) is 5.11. The number of benzene rings is 1. The molecule has 3 nitrogen and oxygen atoms in total. The Balaban J connectivity index is 2.55. The molecule has 0 atom stereocenters. The largest absolute Gasteiger partial charge is 0.508 e. The van der Waals surface area contributed by atoms with Gasteiger partial charge in [0.2, 0.25) is 0 Å². The number of nitrogens with zero attached hydrogens (tertiary/aromatic N) is 1. The van der Waals surface area contributed by atoms with Crippen LogP contribution in [0.3, 0.4) is 0 Å². The van der Waals surface area contributed by atoms with Crippen LogP contribution in [0.4, 0.5) is 0 Å². The highest BCUT2D eigenvalue weighted by Gasteiger charge is 2.17. The van der Waals surface area contributed by atoms with Gasteiger partial charge in [-0.15, -0.1) is 0 Å². The van der Waals surface area contributed by atoms with Crippen LogP contribution in [0, 0.1) is 0 Å². The fourth-order valence-corrected chi connectivity index (χ4v) is 1.56. The SMILES string of the molecule is O/N=C1\CCc2cc(O)ccc21. The molecule has 1 aromatic rings. The average molecular weight is 163 g/mol. The Hall–Kier alpha value is -1.51. The van der Waals surface area contributed by atoms with Gasteiger partial charge in [0.15, 0.2) is 0 Å². The Kier molecular flexibility index (Phi) is 1.50. The lowest BCUT2D eigenvalue weighted by atomic mass is 10.1. The quantitative estimate of drug-likeness (QED) is 0.450. The molecule has 0 saturated heterocycles. The van der Waals surface area contributed by atoms with Gasteiger partial charge in [-0.05, 0) is 36.6 Å². The second kappa shape index (κ2) is 2.52. The molecule has 1 aliphatic carbocycles. The maximum Gasteiger partial charge on any atom is 0.115 e. The molecule has 0 bridgehead atoms. The number of hydrogen-bond acceptors (Lipinski definition) is 3. The van der Waals surface area contributed by atoms with E-state index in [0.717, 1.165) is 24.0 Å². The highest BCUT2D eigenvalue weighted by atomic mass is 16.4. The van der Waals surface area contributed by atoms with Crippen molar-refractivity contribution in [3.8, 4) is 5.75 Å². The maximum absolute atomic E-state index is 9.15. The maximum atomic E-state index is 9.15. The second-order valence-corrected chi connectivity index (χ2v) is 2.89. The Labute approximate surface area is 70.0 Å². The third-order valence-electron chi connectivity index (χ3n) is 2.15. The Morgan fingerprint density at radius 3 is 2.83 bits per heavy atom. The van der Waals surface area contributed by atoms with Gasteiger partial charge in [0.1, 0.15) is 5.75 Å². The van der Waals surface area contributed by atoms with Crippen LogP contribution in [0.5, 0.6) is 5.75 Å². The van der Waals surface area contributed by atoms with Crippen molar-refractivity contribution in [2.45, 2.75) is 12.8 Å². The van der Waals surface area contributed by atoms with Crippen LogP contribution >= 0.6 is 0 Å². The molecule has 0 aliphatic heterocycles. The minimum atomic E-state index is 0.271. The number of oxime groups is 1. The van der Waals surface area contributed by atoms with Crippen molar-refractivity contribution < 1.29 is 10.3 Å². The zero-order chi connectivity index (χ0) is 8.55. The van der Waals surface area contributed by atoms with Crippen molar-refractivity contribution in [3.05, 3.63) is 29.3 Å². The third kappa shape index (κ3) is 0.942. The van der Waals surface area contributed by atoms with Crippen molar-refractivity contribution in [1.82, 2.24) is 0 Å². The molecule has 0 heterocycles. The predicted octanol–water partition coefficient (Wildman–Crippen LogP) is 1.52. The topological polar surface area (TPSA) is 52.8 Å². The number of aryl methyl sites for hydroxylation is 1. The molecule has 2 N–H and O–H groups in total. The highest BCUT2D eigenvalue weighted by molar-refractivity contribution is 6.04. The van der Waals surface area contributed by atoms with Gasteiger partial charge in [0, 0.05) is 5.56 Å². The van der Waals surface area contributed by atoms with Crippen molar-refractivity contribution in [2.75, 3.05) is 0 Å². The molecule has 3 heteroatoms. The molecule has 0 unspecified atom stereocenters. The van der Waals surface area contributed by atoms with Crippen LogP contribution in [0.1, 0.15) is 17.5 Å². The number of phenols is 1. The van der Waals surface area contributed by atoms with E-state index in [9.17, 15) is 0 Å². The molecular formula is C9H9NO2. The lowest BCUT2D eigenvalue weighted by molar-refractivity contribution is 0.318. The highest BCUT2D eigenvalue weighted by Crippen LogP contribution is 2.25. The van der Waals surface area contributed by atoms with E-state index in [4.69, 9.17) is 10.3 Å². The summed E-state index contributed by atoms with van der Waals surface area (Å²) >= 11 is 0. The van der Waals surface area contributed by atoms with Gasteiger partial charge >= 0.3 is 0 Å². The molecular weight excluding hydrogens is 154 g/mol. The van der Waals surface area contributed by atoms with E-state index in [1.54, 1.807) is 18.2 Å². The van der Waals surface area contributed by atoms with Crippen LogP contribution < -0.4 is 0 Å². The standard InChI is InChI=1S/C9H9NO2/c11-7-2-3-8-6(5-7)1-4-9(8)10-12/h2-3,5,11-12H,1,4H2/b10-9+. The van der Waals surface area contributed by atoms with Crippen molar-refractivity contribution in [3.63, 3.8) is 0 Å². The van der Waals surface area contributed by atoms with E-state index in [1.807, 2.05) is 0 Å². The second-order valence-electron chi connectivity index (χ2n) is 2.89. The molecule has 0 saturated carbocycles. The lowest BCUT2D eigenvalue weighted by Gasteiger charge is -1.98. The van der Waals surface area contributed by atoms with Crippen molar-refractivity contribution >= 4 is 5.71 Å². The van der Waals surface area contributed by atoms with Crippen LogP contribution in [0.15, 0.2) is 23.4 Å². The lowest BCUT2D eigenvalue weighted by Crippen LogP contribution is -1.92. The Bertz CT molecular complexity index is 344. The molecule has 0 aromatic heterocycles. The minimum Gasteiger partial charge on any atom is -0.508 e. The van der Waals surface area contributed by atoms with Gasteiger partial charge in [0.05, 0.1) is 5.71 Å². The fraction of sp³-hybridized carbons (Fsp3) is 0.222. The summed E-state index contributed by atoms with van der Waals surface area (Å²) in [6.07, 6.45) is 1.61. The number of aromatic hydroxyl groups is 1. The summed E-state index contributed by atoms with van der Waals surface area (Å²) < 4.78 is 0. The summed E-state index contributed by atoms with van der Waals surface area (Å²) in [5.41, 5.74) is 2.73. The van der Waals surface area contributed by atoms with Gasteiger partial charge in [-0.2, -0.15) is 0 Å². The molecule has 0 fully saturated rings. The molecule has 62 valence electrons. The number of hydrogen-bond donors (Lipinski definition) is 2. The first kappa shape index (κ1) is 7.16. The zero-order valence-electron chi connectivity index (χ0n) is 6.49. The van der Waals surface area contributed by atoms with E-state index in [2.05, 4.69) is 5.16 Å². The normalized spacial score (nSPS) is 18.2. The Morgan fingerprint density at radius 1 is 1.25 bits per heavy atom. The van der Waals surface area contributed by atoms with E-state index >= 15 is 0 Å². The van der Waals surface area contributed by atoms with Gasteiger partial charge < -0.3 is 10.3 Å². The summed E-state index contributed by atoms with van der Waals surface area (Å²) in [5, 5.41) is 21.0. The monoisotopic (exact) mass is 163 g/mol. The molecule has 0 spiro atoms. The summed E-state index contributed by atoms with van der Waals surface area (Å²) in [4.78, 5) is 0. The third-order valence-corrected chi connectivity index (χ3v) is 2.15. The van der Waals surface area contributed by atoms with Crippen LogP contribution in [0.25, 0.3) is 0 Å². The van der Waals surface area contributed by atoms with Gasteiger partial charge in [-0.25, -0.2) is 0 Å². The molecule has 0 radical (unpaired) electrons. The van der Waals surface area contributed by atoms with Crippen LogP contribution in [0.2, 0.25) is 0 Å². The summed E-state index contributed by atoms with van der Waals surface area (Å²) in [7, 11) is 0. The van der Waals surface area contributed by atoms with Crippen molar-refractivity contribution in [1.29, 1.82) is 0 Å². The smallest absolute Gasteiger partial charge is 0.115 e. The average Bonchev–Trinajstić information content (AvgIpc) is 2.46. The van der Waals surface area contributed by atoms with E-state index < -0.39 is 0 Å². The molecule has 1 aromatic carbocycles. The molecule has 12 heavy (non-hydrogen) atoms. The molecule has 0 amide bonds. The summed E-state index contributed by atoms with van der Waals surface area (Å²) in [6.45, 7) is 0. The van der Waals surface area contributed by atoms with Crippen molar-refractivity contribution in [2.24, 2.45) is 5.16 Å². The Morgan fingerprint density at radius 2 is 2.08 bits per heavy atom. The first-order valence-corrected chi connectivity index (χ1v) is 3.84. The van der Waals surface area contributed by atoms with Crippen LogP contribution in [-0.2, 0) is 6.42 Å². The zero-order valence-corrected chi connectivity index (χ0v) is 6.49. The van der Waals surface area contributed by atoms with Gasteiger partial charge in [-0.3, -0.25) is 0 Å². The molecule has 2 rings (SSSR count). The van der Waals surface area contributed by atoms with Crippen LogP contribution in [-0.4, -0.2) is 16.0 Å². The van der Waals surface area contributed by atoms with Gasteiger partial charge in [0.25, 0.3) is 0 Å². The van der Waals surface area contributed by atoms with Gasteiger partial charge in [-0.1, -0.05) is 5.16 Å². The number of rotatable bonds is 0. The first-order chi connectivity index (χ1) is 5.81. The van der Waals surface area contributed by atoms with E-state index in [-0.39, 0.29) is 5.75 Å². The first-order valence-electron chi connectivity index (χ1n) is 3.84. The minimum absolute atomic E-state index is 0.271. The fourth-order valence-electron chi connectivity index (χ4n) is 1.56. The predicted molar refractivity (Wildman–Crippen MR) is 44.8 cm³/mol. The summed E-state index contributed by atoms with van der Waals surface area (Å²) in [5.74, 6) is 0.271.